The largest absolute Gasteiger partial charge is 0.497 e. The van der Waals surface area contributed by atoms with Gasteiger partial charge in [-0.05, 0) is 49.7 Å². The minimum absolute atomic E-state index is 0.0857. The first-order valence-electron chi connectivity index (χ1n) is 8.73. The lowest BCUT2D eigenvalue weighted by molar-refractivity contribution is -0.117. The second-order valence-corrected chi connectivity index (χ2v) is 7.20. The Morgan fingerprint density at radius 3 is 2.59 bits per heavy atom. The zero-order chi connectivity index (χ0) is 19.4. The van der Waals surface area contributed by atoms with E-state index in [1.54, 1.807) is 32.4 Å². The van der Waals surface area contributed by atoms with Crippen LogP contribution in [0.5, 0.6) is 11.5 Å². The van der Waals surface area contributed by atoms with Crippen LogP contribution in [0.15, 0.2) is 36.4 Å². The molecule has 0 unspecified atom stereocenters. The second-order valence-electron chi connectivity index (χ2n) is 6.38. The molecule has 3 rings (SSSR count). The highest BCUT2D eigenvalue weighted by Gasteiger charge is 2.30. The van der Waals surface area contributed by atoms with Gasteiger partial charge in [-0.15, -0.1) is 0 Å². The summed E-state index contributed by atoms with van der Waals surface area (Å²) in [5.41, 5.74) is 1.47. The number of nitrogens with one attached hydrogen (secondary N) is 1. The van der Waals surface area contributed by atoms with Crippen molar-refractivity contribution < 1.29 is 14.3 Å². The first kappa shape index (κ1) is 19.8. The SMILES string of the molecule is COc1ccc(OC)c([C@@H]2CCCN2CC(=O)Nc2c(Cl)cccc2Cl)c1. The molecular formula is C20H22Cl2N2O3. The third kappa shape index (κ3) is 4.49. The van der Waals surface area contributed by atoms with Crippen molar-refractivity contribution in [3.63, 3.8) is 0 Å². The lowest BCUT2D eigenvalue weighted by Crippen LogP contribution is -2.33. The molecule has 1 aliphatic heterocycles. The number of ether oxygens (including phenoxy) is 2. The standard InChI is InChI=1S/C20H22Cl2N2O3/c1-26-13-8-9-18(27-2)14(11-13)17-7-4-10-24(17)12-19(25)23-20-15(21)5-3-6-16(20)22/h3,5-6,8-9,11,17H,4,7,10,12H2,1-2H3,(H,23,25)/t17-/m0/s1. The minimum atomic E-state index is -0.154. The number of methoxy groups -OCH3 is 2. The average molecular weight is 409 g/mol. The summed E-state index contributed by atoms with van der Waals surface area (Å²) in [5, 5.41) is 3.67. The molecule has 1 heterocycles. The van der Waals surface area contributed by atoms with Crippen molar-refractivity contribution >= 4 is 34.8 Å². The van der Waals surface area contributed by atoms with E-state index in [0.29, 0.717) is 15.7 Å². The Morgan fingerprint density at radius 1 is 1.19 bits per heavy atom. The maximum absolute atomic E-state index is 12.6. The number of carbonyl (C=O) groups is 1. The van der Waals surface area contributed by atoms with Crippen molar-refractivity contribution in [3.05, 3.63) is 52.0 Å². The molecule has 0 aromatic heterocycles. The summed E-state index contributed by atoms with van der Waals surface area (Å²) in [4.78, 5) is 14.7. The van der Waals surface area contributed by atoms with Crippen LogP contribution in [0.1, 0.15) is 24.4 Å². The Hall–Kier alpha value is -1.95. The van der Waals surface area contributed by atoms with Crippen molar-refractivity contribution in [2.75, 3.05) is 32.6 Å². The van der Waals surface area contributed by atoms with E-state index >= 15 is 0 Å². The molecule has 27 heavy (non-hydrogen) atoms. The fourth-order valence-corrected chi connectivity index (χ4v) is 3.94. The van der Waals surface area contributed by atoms with E-state index in [1.807, 2.05) is 18.2 Å². The Bertz CT molecular complexity index is 809. The quantitative estimate of drug-likeness (QED) is 0.746. The molecule has 5 nitrogen and oxygen atoms in total. The van der Waals surface area contributed by atoms with E-state index < -0.39 is 0 Å². The van der Waals surface area contributed by atoms with E-state index in [2.05, 4.69) is 10.2 Å². The van der Waals surface area contributed by atoms with Gasteiger partial charge in [0.25, 0.3) is 0 Å². The molecule has 1 fully saturated rings. The van der Waals surface area contributed by atoms with Gasteiger partial charge in [0, 0.05) is 11.6 Å². The number of amides is 1. The molecule has 0 bridgehead atoms. The summed E-state index contributed by atoms with van der Waals surface area (Å²) in [7, 11) is 3.29. The third-order valence-corrected chi connectivity index (χ3v) is 5.36. The molecule has 1 N–H and O–H groups in total. The van der Waals surface area contributed by atoms with Crippen molar-refractivity contribution in [1.29, 1.82) is 0 Å². The molecule has 2 aromatic rings. The maximum atomic E-state index is 12.6. The summed E-state index contributed by atoms with van der Waals surface area (Å²) in [6.45, 7) is 1.07. The Morgan fingerprint density at radius 2 is 1.93 bits per heavy atom. The Kier molecular flexibility index (Phi) is 6.47. The highest BCUT2D eigenvalue weighted by molar-refractivity contribution is 6.39. The van der Waals surface area contributed by atoms with Gasteiger partial charge in [-0.2, -0.15) is 0 Å². The van der Waals surface area contributed by atoms with Crippen LogP contribution in [0.25, 0.3) is 0 Å². The Labute approximate surface area is 169 Å². The number of hydrogen-bond donors (Lipinski definition) is 1. The summed E-state index contributed by atoms with van der Waals surface area (Å²) < 4.78 is 10.9. The van der Waals surface area contributed by atoms with Gasteiger partial charge in [-0.25, -0.2) is 0 Å². The minimum Gasteiger partial charge on any atom is -0.497 e. The summed E-state index contributed by atoms with van der Waals surface area (Å²) in [6.07, 6.45) is 1.95. The van der Waals surface area contributed by atoms with Crippen LogP contribution in [0.4, 0.5) is 5.69 Å². The molecule has 7 heteroatoms. The van der Waals surface area contributed by atoms with E-state index in [4.69, 9.17) is 32.7 Å². The molecule has 1 atom stereocenters. The lowest BCUT2D eigenvalue weighted by Gasteiger charge is -2.26. The van der Waals surface area contributed by atoms with E-state index in [-0.39, 0.29) is 18.5 Å². The summed E-state index contributed by atoms with van der Waals surface area (Å²) in [5.74, 6) is 1.41. The lowest BCUT2D eigenvalue weighted by atomic mass is 10.0. The van der Waals surface area contributed by atoms with Gasteiger partial charge in [0.05, 0.1) is 36.5 Å². The zero-order valence-corrected chi connectivity index (χ0v) is 16.8. The van der Waals surface area contributed by atoms with Crippen LogP contribution in [-0.2, 0) is 4.79 Å². The summed E-state index contributed by atoms with van der Waals surface area (Å²) >= 11 is 12.3. The van der Waals surface area contributed by atoms with Gasteiger partial charge in [-0.3, -0.25) is 9.69 Å². The smallest absolute Gasteiger partial charge is 0.238 e. The van der Waals surface area contributed by atoms with Crippen LogP contribution in [0, 0.1) is 0 Å². The molecular weight excluding hydrogens is 387 g/mol. The number of rotatable bonds is 6. The topological polar surface area (TPSA) is 50.8 Å². The van der Waals surface area contributed by atoms with Crippen molar-refractivity contribution in [2.24, 2.45) is 0 Å². The van der Waals surface area contributed by atoms with Crippen molar-refractivity contribution in [1.82, 2.24) is 4.90 Å². The first-order chi connectivity index (χ1) is 13.0. The molecule has 0 saturated carbocycles. The van der Waals surface area contributed by atoms with Gasteiger partial charge in [-0.1, -0.05) is 29.3 Å². The highest BCUT2D eigenvalue weighted by atomic mass is 35.5. The number of carbonyl (C=O) groups excluding carboxylic acids is 1. The van der Waals surface area contributed by atoms with Crippen molar-refractivity contribution in [3.8, 4) is 11.5 Å². The molecule has 1 amide bonds. The molecule has 0 aliphatic carbocycles. The van der Waals surface area contributed by atoms with Gasteiger partial charge in [0.1, 0.15) is 11.5 Å². The number of benzene rings is 2. The molecule has 1 aliphatic rings. The number of likely N-dealkylation sites (tertiary alicyclic amines) is 1. The third-order valence-electron chi connectivity index (χ3n) is 4.73. The van der Waals surface area contributed by atoms with Crippen LogP contribution < -0.4 is 14.8 Å². The molecule has 0 spiro atoms. The fourth-order valence-electron chi connectivity index (χ4n) is 3.45. The van der Waals surface area contributed by atoms with Crippen LogP contribution in [0.3, 0.4) is 0 Å². The number of para-hydroxylation sites is 1. The fraction of sp³-hybridized carbons (Fsp3) is 0.350. The predicted octanol–water partition coefficient (Wildman–Crippen LogP) is 4.79. The van der Waals surface area contributed by atoms with Crippen LogP contribution in [0.2, 0.25) is 10.0 Å². The number of nitrogens with zero attached hydrogens (tertiary/aromatic N) is 1. The molecule has 0 radical (unpaired) electrons. The Balaban J connectivity index is 1.76. The van der Waals surface area contributed by atoms with E-state index in [9.17, 15) is 4.79 Å². The zero-order valence-electron chi connectivity index (χ0n) is 15.3. The second kappa shape index (κ2) is 8.83. The van der Waals surface area contributed by atoms with Crippen LogP contribution >= 0.6 is 23.2 Å². The van der Waals surface area contributed by atoms with Gasteiger partial charge < -0.3 is 14.8 Å². The number of halogens is 2. The van der Waals surface area contributed by atoms with E-state index in [0.717, 1.165) is 36.4 Å². The van der Waals surface area contributed by atoms with E-state index in [1.165, 1.54) is 0 Å². The van der Waals surface area contributed by atoms with Crippen molar-refractivity contribution in [2.45, 2.75) is 18.9 Å². The first-order valence-corrected chi connectivity index (χ1v) is 9.49. The molecule has 144 valence electrons. The van der Waals surface area contributed by atoms with Crippen LogP contribution in [-0.4, -0.2) is 38.1 Å². The predicted molar refractivity (Wildman–Crippen MR) is 108 cm³/mol. The molecule has 2 aromatic carbocycles. The average Bonchev–Trinajstić information content (AvgIpc) is 3.12. The van der Waals surface area contributed by atoms with Gasteiger partial charge in [0.15, 0.2) is 0 Å². The summed E-state index contributed by atoms with van der Waals surface area (Å²) in [6, 6.07) is 11.0. The highest BCUT2D eigenvalue weighted by Crippen LogP contribution is 2.39. The number of hydrogen-bond acceptors (Lipinski definition) is 4. The monoisotopic (exact) mass is 408 g/mol. The van der Waals surface area contributed by atoms with Gasteiger partial charge >= 0.3 is 0 Å². The van der Waals surface area contributed by atoms with Gasteiger partial charge in [0.2, 0.25) is 5.91 Å². The molecule has 1 saturated heterocycles. The normalized spacial score (nSPS) is 17.0. The maximum Gasteiger partial charge on any atom is 0.238 e. The number of anilines is 1.